The topological polar surface area (TPSA) is 49.3 Å². The molecule has 3 nitrogen and oxygen atoms in total. The van der Waals surface area contributed by atoms with Gasteiger partial charge in [0, 0.05) is 16.3 Å². The van der Waals surface area contributed by atoms with Crippen molar-refractivity contribution in [3.05, 3.63) is 70.7 Å². The number of nitrogens with one attached hydrogen (secondary N) is 1. The van der Waals surface area contributed by atoms with Gasteiger partial charge < -0.3 is 10.4 Å². The van der Waals surface area contributed by atoms with Crippen LogP contribution in [0.4, 0.5) is 5.69 Å². The normalized spacial score (nSPS) is 10.7. The average molecular weight is 326 g/mol. The van der Waals surface area contributed by atoms with Gasteiger partial charge in [-0.3, -0.25) is 4.79 Å². The summed E-state index contributed by atoms with van der Waals surface area (Å²) < 4.78 is 0. The molecule has 0 heterocycles. The Hall–Kier alpha value is -2.52. The number of aryl methyl sites for hydroxylation is 1. The summed E-state index contributed by atoms with van der Waals surface area (Å²) in [6, 6.07) is 16.6. The van der Waals surface area contributed by atoms with Gasteiger partial charge >= 0.3 is 0 Å². The highest BCUT2D eigenvalue weighted by Gasteiger charge is 2.11. The van der Waals surface area contributed by atoms with Crippen LogP contribution in [0.3, 0.4) is 0 Å². The molecule has 0 radical (unpaired) electrons. The van der Waals surface area contributed by atoms with Crippen LogP contribution in [-0.2, 0) is 11.2 Å². The Morgan fingerprint density at radius 1 is 1.09 bits per heavy atom. The molecule has 0 unspecified atom stereocenters. The van der Waals surface area contributed by atoms with E-state index in [2.05, 4.69) is 5.32 Å². The summed E-state index contributed by atoms with van der Waals surface area (Å²) >= 11 is 5.96. The smallest absolute Gasteiger partial charge is 0.228 e. The molecule has 3 aromatic carbocycles. The molecule has 0 saturated carbocycles. The predicted molar refractivity (Wildman–Crippen MR) is 94.1 cm³/mol. The van der Waals surface area contributed by atoms with E-state index in [0.717, 1.165) is 16.3 Å². The second-order valence-corrected chi connectivity index (χ2v) is 5.95. The SMILES string of the molecule is Cc1ccc(Cl)cc1NC(=O)Cc1cc2ccccc2cc1O. The minimum absolute atomic E-state index is 0.0998. The molecule has 0 aliphatic rings. The van der Waals surface area contributed by atoms with E-state index in [9.17, 15) is 9.90 Å². The third kappa shape index (κ3) is 3.46. The summed E-state index contributed by atoms with van der Waals surface area (Å²) in [7, 11) is 0. The Balaban J connectivity index is 1.82. The van der Waals surface area contributed by atoms with Crippen LogP contribution in [0.25, 0.3) is 10.8 Å². The van der Waals surface area contributed by atoms with Crippen LogP contribution in [0.2, 0.25) is 5.02 Å². The molecule has 23 heavy (non-hydrogen) atoms. The molecule has 116 valence electrons. The van der Waals surface area contributed by atoms with Crippen LogP contribution in [0.15, 0.2) is 54.6 Å². The average Bonchev–Trinajstić information content (AvgIpc) is 2.51. The molecule has 4 heteroatoms. The number of amides is 1. The minimum atomic E-state index is -0.194. The highest BCUT2D eigenvalue weighted by atomic mass is 35.5. The van der Waals surface area contributed by atoms with E-state index in [0.29, 0.717) is 16.3 Å². The molecule has 0 saturated heterocycles. The first-order valence-electron chi connectivity index (χ1n) is 7.29. The zero-order valence-electron chi connectivity index (χ0n) is 12.6. The third-order valence-electron chi connectivity index (χ3n) is 3.77. The summed E-state index contributed by atoms with van der Waals surface area (Å²) in [6.45, 7) is 1.90. The molecule has 1 amide bonds. The van der Waals surface area contributed by atoms with Gasteiger partial charge in [0.25, 0.3) is 0 Å². The van der Waals surface area contributed by atoms with Gasteiger partial charge in [-0.25, -0.2) is 0 Å². The maximum absolute atomic E-state index is 12.3. The van der Waals surface area contributed by atoms with Crippen LogP contribution in [-0.4, -0.2) is 11.0 Å². The second-order valence-electron chi connectivity index (χ2n) is 5.51. The van der Waals surface area contributed by atoms with Crippen LogP contribution < -0.4 is 5.32 Å². The number of phenols is 1. The largest absolute Gasteiger partial charge is 0.508 e. The number of hydrogen-bond acceptors (Lipinski definition) is 2. The molecule has 0 spiro atoms. The Morgan fingerprint density at radius 2 is 1.78 bits per heavy atom. The standard InChI is InChI=1S/C19H16ClNO2/c1-12-6-7-16(20)11-17(12)21-19(23)10-15-8-13-4-2-3-5-14(13)9-18(15)22/h2-9,11,22H,10H2,1H3,(H,21,23). The number of carbonyl (C=O) groups excluding carboxylic acids is 1. The highest BCUT2D eigenvalue weighted by Crippen LogP contribution is 2.26. The molecular formula is C19H16ClNO2. The number of hydrogen-bond donors (Lipinski definition) is 2. The van der Waals surface area contributed by atoms with Gasteiger partial charge in [0.2, 0.25) is 5.91 Å². The fourth-order valence-corrected chi connectivity index (χ4v) is 2.69. The van der Waals surface area contributed by atoms with Crippen molar-refractivity contribution in [2.75, 3.05) is 5.32 Å². The Labute approximate surface area is 139 Å². The van der Waals surface area contributed by atoms with Crippen LogP contribution in [0, 0.1) is 6.92 Å². The van der Waals surface area contributed by atoms with Crippen molar-refractivity contribution in [2.24, 2.45) is 0 Å². The number of benzene rings is 3. The lowest BCUT2D eigenvalue weighted by Crippen LogP contribution is -2.15. The number of carbonyl (C=O) groups is 1. The maximum Gasteiger partial charge on any atom is 0.228 e. The maximum atomic E-state index is 12.3. The monoisotopic (exact) mass is 325 g/mol. The molecule has 2 N–H and O–H groups in total. The summed E-state index contributed by atoms with van der Waals surface area (Å²) in [5, 5.41) is 15.5. The Kier molecular flexibility index (Phi) is 4.22. The van der Waals surface area contributed by atoms with E-state index in [1.807, 2.05) is 43.3 Å². The molecule has 3 rings (SSSR count). The summed E-state index contributed by atoms with van der Waals surface area (Å²) in [5.41, 5.74) is 2.22. The minimum Gasteiger partial charge on any atom is -0.508 e. The molecule has 0 aliphatic heterocycles. The summed E-state index contributed by atoms with van der Waals surface area (Å²) in [5.74, 6) is -0.0670. The van der Waals surface area contributed by atoms with Crippen LogP contribution in [0.1, 0.15) is 11.1 Å². The third-order valence-corrected chi connectivity index (χ3v) is 4.01. The van der Waals surface area contributed by atoms with Gasteiger partial charge in [0.15, 0.2) is 0 Å². The number of rotatable bonds is 3. The van der Waals surface area contributed by atoms with E-state index in [1.165, 1.54) is 0 Å². The van der Waals surface area contributed by atoms with Crippen molar-refractivity contribution in [1.29, 1.82) is 0 Å². The summed E-state index contributed by atoms with van der Waals surface area (Å²) in [4.78, 5) is 12.3. The van der Waals surface area contributed by atoms with E-state index >= 15 is 0 Å². The van der Waals surface area contributed by atoms with Gasteiger partial charge in [-0.2, -0.15) is 0 Å². The van der Waals surface area contributed by atoms with E-state index < -0.39 is 0 Å². The lowest BCUT2D eigenvalue weighted by atomic mass is 10.0. The molecule has 0 fully saturated rings. The zero-order valence-corrected chi connectivity index (χ0v) is 13.4. The van der Waals surface area contributed by atoms with Crippen molar-refractivity contribution in [1.82, 2.24) is 0 Å². The van der Waals surface area contributed by atoms with Gasteiger partial charge in [-0.05, 0) is 47.5 Å². The number of anilines is 1. The molecule has 3 aromatic rings. The van der Waals surface area contributed by atoms with Crippen molar-refractivity contribution >= 4 is 34.0 Å². The van der Waals surface area contributed by atoms with Crippen LogP contribution in [0.5, 0.6) is 5.75 Å². The summed E-state index contributed by atoms with van der Waals surface area (Å²) in [6.07, 6.45) is 0.0998. The van der Waals surface area contributed by atoms with Crippen molar-refractivity contribution < 1.29 is 9.90 Å². The van der Waals surface area contributed by atoms with Gasteiger partial charge in [-0.15, -0.1) is 0 Å². The highest BCUT2D eigenvalue weighted by molar-refractivity contribution is 6.31. The number of fused-ring (bicyclic) bond motifs is 1. The first kappa shape index (κ1) is 15.4. The quantitative estimate of drug-likeness (QED) is 0.734. The fourth-order valence-electron chi connectivity index (χ4n) is 2.51. The molecule has 0 bridgehead atoms. The Bertz CT molecular complexity index is 890. The lowest BCUT2D eigenvalue weighted by Gasteiger charge is -2.10. The second kappa shape index (κ2) is 6.31. The molecular weight excluding hydrogens is 310 g/mol. The first-order chi connectivity index (χ1) is 11.0. The van der Waals surface area contributed by atoms with Crippen molar-refractivity contribution in [3.8, 4) is 5.75 Å². The van der Waals surface area contributed by atoms with Crippen LogP contribution >= 0.6 is 11.6 Å². The van der Waals surface area contributed by atoms with Gasteiger partial charge in [0.1, 0.15) is 5.75 Å². The fraction of sp³-hybridized carbons (Fsp3) is 0.105. The molecule has 0 aliphatic carbocycles. The Morgan fingerprint density at radius 3 is 2.52 bits per heavy atom. The lowest BCUT2D eigenvalue weighted by molar-refractivity contribution is -0.115. The van der Waals surface area contributed by atoms with Gasteiger partial charge in [0.05, 0.1) is 6.42 Å². The molecule has 0 aromatic heterocycles. The van der Waals surface area contributed by atoms with E-state index in [4.69, 9.17) is 11.6 Å². The van der Waals surface area contributed by atoms with E-state index in [1.54, 1.807) is 18.2 Å². The van der Waals surface area contributed by atoms with Crippen molar-refractivity contribution in [3.63, 3.8) is 0 Å². The number of phenolic OH excluding ortho intramolecular Hbond substituents is 1. The number of aromatic hydroxyl groups is 1. The molecule has 0 atom stereocenters. The van der Waals surface area contributed by atoms with E-state index in [-0.39, 0.29) is 18.1 Å². The zero-order chi connectivity index (χ0) is 16.4. The van der Waals surface area contributed by atoms with Crippen molar-refractivity contribution in [2.45, 2.75) is 13.3 Å². The predicted octanol–water partition coefficient (Wildman–Crippen LogP) is 4.69. The number of halogens is 1. The van der Waals surface area contributed by atoms with Gasteiger partial charge in [-0.1, -0.05) is 41.9 Å². The first-order valence-corrected chi connectivity index (χ1v) is 7.67.